The fraction of sp³-hybridized carbons (Fsp3) is 0.417. The predicted molar refractivity (Wildman–Crippen MR) is 112 cm³/mol. The van der Waals surface area contributed by atoms with Gasteiger partial charge >= 0.3 is 0 Å². The molecule has 4 heteroatoms. The molecule has 0 saturated heterocycles. The van der Waals surface area contributed by atoms with Crippen molar-refractivity contribution in [2.45, 2.75) is 52.6 Å². The molecule has 2 aliphatic rings. The Balaban J connectivity index is 1.56. The van der Waals surface area contributed by atoms with Crippen LogP contribution in [0.1, 0.15) is 44.5 Å². The summed E-state index contributed by atoms with van der Waals surface area (Å²) in [5, 5.41) is 0. The van der Waals surface area contributed by atoms with Crippen LogP contribution in [-0.2, 0) is 24.3 Å². The lowest BCUT2D eigenvalue weighted by Gasteiger charge is -2.34. The first-order valence-corrected chi connectivity index (χ1v) is 10.4. The Kier molecular flexibility index (Phi) is 4.04. The van der Waals surface area contributed by atoms with Gasteiger partial charge in [-0.05, 0) is 55.4 Å². The highest BCUT2D eigenvalue weighted by Gasteiger charge is 2.54. The highest BCUT2D eigenvalue weighted by molar-refractivity contribution is 6.02. The lowest BCUT2D eigenvalue weighted by Crippen LogP contribution is -2.42. The third-order valence-corrected chi connectivity index (χ3v) is 6.33. The molecule has 28 heavy (non-hydrogen) atoms. The second-order valence-corrected chi connectivity index (χ2v) is 8.83. The maximum Gasteiger partial charge on any atom is 0.233 e. The second-order valence-electron chi connectivity index (χ2n) is 8.83. The summed E-state index contributed by atoms with van der Waals surface area (Å²) in [6, 6.07) is 16.7. The van der Waals surface area contributed by atoms with Crippen LogP contribution < -0.4 is 4.90 Å². The average Bonchev–Trinajstić information content (AvgIpc) is 3.37. The van der Waals surface area contributed by atoms with Gasteiger partial charge in [0.05, 0.1) is 23.0 Å². The number of rotatable bonds is 5. The van der Waals surface area contributed by atoms with Crippen molar-refractivity contribution in [1.82, 2.24) is 9.55 Å². The zero-order chi connectivity index (χ0) is 19.3. The number of fused-ring (bicyclic) bond motifs is 2. The second kappa shape index (κ2) is 6.47. The molecule has 0 atom stereocenters. The molecule has 1 aliphatic heterocycles. The zero-order valence-corrected chi connectivity index (χ0v) is 16.7. The molecular formula is C24H27N3O. The number of carbonyl (C=O) groups excluding carboxylic acids is 1. The van der Waals surface area contributed by atoms with E-state index >= 15 is 0 Å². The summed E-state index contributed by atoms with van der Waals surface area (Å²) in [5.74, 6) is 1.90. The molecule has 0 unspecified atom stereocenters. The molecule has 1 fully saturated rings. The first-order chi connectivity index (χ1) is 13.6. The van der Waals surface area contributed by atoms with E-state index in [2.05, 4.69) is 54.8 Å². The minimum absolute atomic E-state index is 0.150. The van der Waals surface area contributed by atoms with Gasteiger partial charge in [0.1, 0.15) is 5.82 Å². The minimum atomic E-state index is -0.150. The van der Waals surface area contributed by atoms with Gasteiger partial charge in [0, 0.05) is 12.2 Å². The highest BCUT2D eigenvalue weighted by atomic mass is 16.2. The van der Waals surface area contributed by atoms with Crippen LogP contribution in [0.3, 0.4) is 0 Å². The Hall–Kier alpha value is -2.62. The average molecular weight is 374 g/mol. The maximum absolute atomic E-state index is 13.4. The summed E-state index contributed by atoms with van der Waals surface area (Å²) in [7, 11) is 0. The van der Waals surface area contributed by atoms with Gasteiger partial charge < -0.3 is 9.47 Å². The van der Waals surface area contributed by atoms with E-state index in [0.717, 1.165) is 54.8 Å². The smallest absolute Gasteiger partial charge is 0.233 e. The van der Waals surface area contributed by atoms with E-state index in [1.807, 2.05) is 17.0 Å². The number of benzene rings is 2. The van der Waals surface area contributed by atoms with Crippen LogP contribution in [0.15, 0.2) is 48.5 Å². The van der Waals surface area contributed by atoms with Crippen LogP contribution in [0.2, 0.25) is 0 Å². The number of amides is 1. The third kappa shape index (κ3) is 2.83. The summed E-state index contributed by atoms with van der Waals surface area (Å²) in [6.45, 7) is 5.98. The summed E-state index contributed by atoms with van der Waals surface area (Å²) in [5.41, 5.74) is 4.39. The zero-order valence-electron chi connectivity index (χ0n) is 16.7. The van der Waals surface area contributed by atoms with Crippen molar-refractivity contribution in [3.8, 4) is 0 Å². The summed E-state index contributed by atoms with van der Waals surface area (Å²) < 4.78 is 2.32. The Morgan fingerprint density at radius 3 is 2.61 bits per heavy atom. The first kappa shape index (κ1) is 17.5. The third-order valence-electron chi connectivity index (χ3n) is 6.33. The molecule has 1 amide bonds. The lowest BCUT2D eigenvalue weighted by molar-refractivity contribution is -0.124. The van der Waals surface area contributed by atoms with Crippen molar-refractivity contribution >= 4 is 22.6 Å². The van der Waals surface area contributed by atoms with E-state index in [-0.39, 0.29) is 11.3 Å². The molecule has 4 nitrogen and oxygen atoms in total. The standard InChI is InChI=1S/C24H27N3O/c1-17(2)11-14-26-21-10-6-4-8-19(21)25-22(26)16-27-20-9-5-3-7-18(20)15-24(12-13-24)23(27)28/h3-10,17H,11-16H2,1-2H3. The molecule has 0 radical (unpaired) electrons. The first-order valence-electron chi connectivity index (χ1n) is 10.4. The van der Waals surface area contributed by atoms with Crippen LogP contribution in [-0.4, -0.2) is 15.5 Å². The van der Waals surface area contributed by atoms with E-state index in [4.69, 9.17) is 4.98 Å². The SMILES string of the molecule is CC(C)CCn1c(CN2C(=O)C3(CC3)Cc3ccccc32)nc2ccccc21. The molecule has 0 N–H and O–H groups in total. The normalized spacial score (nSPS) is 17.5. The van der Waals surface area contributed by atoms with E-state index < -0.39 is 0 Å². The van der Waals surface area contributed by atoms with Crippen LogP contribution >= 0.6 is 0 Å². The van der Waals surface area contributed by atoms with E-state index in [0.29, 0.717) is 12.5 Å². The van der Waals surface area contributed by atoms with Gasteiger partial charge in [-0.25, -0.2) is 4.98 Å². The molecule has 5 rings (SSSR count). The summed E-state index contributed by atoms with van der Waals surface area (Å²) in [4.78, 5) is 20.3. The van der Waals surface area contributed by atoms with Crippen LogP contribution in [0.4, 0.5) is 5.69 Å². The minimum Gasteiger partial charge on any atom is -0.326 e. The van der Waals surface area contributed by atoms with Gasteiger partial charge in [0.15, 0.2) is 0 Å². The van der Waals surface area contributed by atoms with Gasteiger partial charge in [-0.2, -0.15) is 0 Å². The van der Waals surface area contributed by atoms with Crippen molar-refractivity contribution < 1.29 is 4.79 Å². The van der Waals surface area contributed by atoms with Crippen molar-refractivity contribution in [2.24, 2.45) is 11.3 Å². The Bertz CT molecular complexity index is 1040. The predicted octanol–water partition coefficient (Wildman–Crippen LogP) is 4.95. The van der Waals surface area contributed by atoms with Gasteiger partial charge in [-0.1, -0.05) is 44.2 Å². The number of carbonyl (C=O) groups is 1. The van der Waals surface area contributed by atoms with Crippen molar-refractivity contribution in [1.29, 1.82) is 0 Å². The number of imidazole rings is 1. The van der Waals surface area contributed by atoms with Crippen molar-refractivity contribution in [3.05, 3.63) is 59.9 Å². The number of aryl methyl sites for hydroxylation is 1. The Morgan fingerprint density at radius 2 is 1.82 bits per heavy atom. The van der Waals surface area contributed by atoms with Crippen LogP contribution in [0.5, 0.6) is 0 Å². The van der Waals surface area contributed by atoms with Crippen molar-refractivity contribution in [3.63, 3.8) is 0 Å². The monoisotopic (exact) mass is 373 g/mol. The number of para-hydroxylation sites is 3. The Morgan fingerprint density at radius 1 is 1.07 bits per heavy atom. The molecular weight excluding hydrogens is 346 g/mol. The number of anilines is 1. The van der Waals surface area contributed by atoms with Gasteiger partial charge in [0.2, 0.25) is 5.91 Å². The molecule has 144 valence electrons. The fourth-order valence-corrected chi connectivity index (χ4v) is 4.48. The quantitative estimate of drug-likeness (QED) is 0.634. The molecule has 1 spiro atoms. The number of hydrogen-bond acceptors (Lipinski definition) is 2. The number of aromatic nitrogens is 2. The van der Waals surface area contributed by atoms with Crippen molar-refractivity contribution in [2.75, 3.05) is 4.90 Å². The largest absolute Gasteiger partial charge is 0.326 e. The number of hydrogen-bond donors (Lipinski definition) is 0. The fourth-order valence-electron chi connectivity index (χ4n) is 4.48. The molecule has 0 bridgehead atoms. The van der Waals surface area contributed by atoms with E-state index in [1.165, 1.54) is 5.56 Å². The van der Waals surface area contributed by atoms with E-state index in [9.17, 15) is 4.79 Å². The van der Waals surface area contributed by atoms with E-state index in [1.54, 1.807) is 0 Å². The highest BCUT2D eigenvalue weighted by Crippen LogP contribution is 2.54. The molecule has 1 saturated carbocycles. The maximum atomic E-state index is 13.4. The molecule has 2 heterocycles. The molecule has 1 aliphatic carbocycles. The van der Waals surface area contributed by atoms with Crippen LogP contribution in [0, 0.1) is 11.3 Å². The number of nitrogens with zero attached hydrogens (tertiary/aromatic N) is 3. The summed E-state index contributed by atoms with van der Waals surface area (Å²) in [6.07, 6.45) is 4.02. The topological polar surface area (TPSA) is 38.1 Å². The van der Waals surface area contributed by atoms with Gasteiger partial charge in [-0.3, -0.25) is 4.79 Å². The molecule has 2 aromatic carbocycles. The lowest BCUT2D eigenvalue weighted by atomic mass is 9.89. The summed E-state index contributed by atoms with van der Waals surface area (Å²) >= 11 is 0. The van der Waals surface area contributed by atoms with Gasteiger partial charge in [-0.15, -0.1) is 0 Å². The van der Waals surface area contributed by atoms with Crippen LogP contribution in [0.25, 0.3) is 11.0 Å². The molecule has 1 aromatic heterocycles. The Labute approximate surface area is 166 Å². The van der Waals surface area contributed by atoms with Gasteiger partial charge in [0.25, 0.3) is 0 Å². The molecule has 3 aromatic rings.